The predicted octanol–water partition coefficient (Wildman–Crippen LogP) is 4.50. The highest BCUT2D eigenvalue weighted by atomic mass is 16.5. The predicted molar refractivity (Wildman–Crippen MR) is 89.7 cm³/mol. The zero-order chi connectivity index (χ0) is 15.2. The van der Waals surface area contributed by atoms with Gasteiger partial charge in [-0.15, -0.1) is 0 Å². The molecule has 1 fully saturated rings. The van der Waals surface area contributed by atoms with Gasteiger partial charge in [0.15, 0.2) is 0 Å². The maximum Gasteiger partial charge on any atom is 0.0858 e. The van der Waals surface area contributed by atoms with Crippen LogP contribution in [0.1, 0.15) is 54.9 Å². The van der Waals surface area contributed by atoms with Crippen molar-refractivity contribution in [1.82, 2.24) is 4.90 Å². The molecule has 2 heteroatoms. The van der Waals surface area contributed by atoms with Gasteiger partial charge in [0, 0.05) is 6.54 Å². The highest BCUT2D eigenvalue weighted by Gasteiger charge is 2.27. The first kappa shape index (κ1) is 16.5. The van der Waals surface area contributed by atoms with E-state index in [-0.39, 0.29) is 6.10 Å². The molecule has 0 spiro atoms. The fraction of sp³-hybridized carbons (Fsp3) is 0.684. The molecule has 1 saturated carbocycles. The SMILES string of the molecule is Cc1cccc(C)c1[C@@H](OCCN(C)C)C1CCCCC1. The summed E-state index contributed by atoms with van der Waals surface area (Å²) in [6.07, 6.45) is 7.05. The van der Waals surface area contributed by atoms with Crippen molar-refractivity contribution in [2.75, 3.05) is 27.2 Å². The summed E-state index contributed by atoms with van der Waals surface area (Å²) in [7, 11) is 4.22. The van der Waals surface area contributed by atoms with Gasteiger partial charge in [-0.1, -0.05) is 37.5 Å². The van der Waals surface area contributed by atoms with Crippen LogP contribution in [0.2, 0.25) is 0 Å². The fourth-order valence-corrected chi connectivity index (χ4v) is 3.53. The number of likely N-dealkylation sites (N-methyl/N-ethyl adjacent to an activating group) is 1. The van der Waals surface area contributed by atoms with Gasteiger partial charge < -0.3 is 9.64 Å². The monoisotopic (exact) mass is 289 g/mol. The summed E-state index contributed by atoms with van der Waals surface area (Å²) in [5, 5.41) is 0. The molecule has 0 bridgehead atoms. The summed E-state index contributed by atoms with van der Waals surface area (Å²) in [5.74, 6) is 0.695. The molecule has 0 heterocycles. The van der Waals surface area contributed by atoms with E-state index in [0.717, 1.165) is 13.2 Å². The molecule has 0 amide bonds. The average molecular weight is 289 g/mol. The molecule has 0 aliphatic heterocycles. The molecule has 0 radical (unpaired) electrons. The molecular formula is C19H31NO. The van der Waals surface area contributed by atoms with Crippen molar-refractivity contribution in [1.29, 1.82) is 0 Å². The van der Waals surface area contributed by atoms with Crippen LogP contribution in [0.3, 0.4) is 0 Å². The summed E-state index contributed by atoms with van der Waals surface area (Å²) in [6, 6.07) is 6.62. The average Bonchev–Trinajstić information content (AvgIpc) is 2.46. The van der Waals surface area contributed by atoms with Crippen LogP contribution in [0.25, 0.3) is 0 Å². The topological polar surface area (TPSA) is 12.5 Å². The lowest BCUT2D eigenvalue weighted by Gasteiger charge is -2.33. The Kier molecular flexibility index (Phi) is 6.25. The van der Waals surface area contributed by atoms with Crippen LogP contribution in [0.5, 0.6) is 0 Å². The second-order valence-electron chi connectivity index (χ2n) is 6.80. The number of ether oxygens (including phenoxy) is 1. The summed E-state index contributed by atoms with van der Waals surface area (Å²) >= 11 is 0. The molecule has 2 nitrogen and oxygen atoms in total. The van der Waals surface area contributed by atoms with Gasteiger partial charge in [-0.05, 0) is 63.4 Å². The molecule has 1 aliphatic carbocycles. The normalized spacial score (nSPS) is 18.1. The van der Waals surface area contributed by atoms with Gasteiger partial charge in [0.25, 0.3) is 0 Å². The number of rotatable bonds is 6. The van der Waals surface area contributed by atoms with Crippen LogP contribution in [-0.2, 0) is 4.74 Å². The van der Waals surface area contributed by atoms with E-state index in [4.69, 9.17) is 4.74 Å². The minimum Gasteiger partial charge on any atom is -0.372 e. The Hall–Kier alpha value is -0.860. The molecule has 0 unspecified atom stereocenters. The first-order valence-corrected chi connectivity index (χ1v) is 8.42. The van der Waals surface area contributed by atoms with E-state index in [2.05, 4.69) is 51.0 Å². The van der Waals surface area contributed by atoms with Crippen molar-refractivity contribution in [3.63, 3.8) is 0 Å². The van der Waals surface area contributed by atoms with Crippen molar-refractivity contribution < 1.29 is 4.74 Å². The van der Waals surface area contributed by atoms with Crippen molar-refractivity contribution in [3.8, 4) is 0 Å². The van der Waals surface area contributed by atoms with Crippen molar-refractivity contribution >= 4 is 0 Å². The third-order valence-electron chi connectivity index (χ3n) is 4.74. The third kappa shape index (κ3) is 4.55. The molecule has 0 saturated heterocycles. The van der Waals surface area contributed by atoms with Crippen LogP contribution in [0, 0.1) is 19.8 Å². The van der Waals surface area contributed by atoms with Gasteiger partial charge >= 0.3 is 0 Å². The van der Waals surface area contributed by atoms with Crippen molar-refractivity contribution in [2.24, 2.45) is 5.92 Å². The Morgan fingerprint density at radius 2 is 1.71 bits per heavy atom. The lowest BCUT2D eigenvalue weighted by atomic mass is 9.80. The second-order valence-corrected chi connectivity index (χ2v) is 6.80. The van der Waals surface area contributed by atoms with E-state index in [1.807, 2.05) is 0 Å². The Balaban J connectivity index is 2.17. The molecule has 2 rings (SSSR count). The number of nitrogens with zero attached hydrogens (tertiary/aromatic N) is 1. The zero-order valence-corrected chi connectivity index (χ0v) is 14.2. The first-order valence-electron chi connectivity index (χ1n) is 8.42. The fourth-order valence-electron chi connectivity index (χ4n) is 3.53. The van der Waals surface area contributed by atoms with Crippen LogP contribution < -0.4 is 0 Å². The van der Waals surface area contributed by atoms with E-state index in [1.54, 1.807) is 0 Å². The number of aryl methyl sites for hydroxylation is 2. The van der Waals surface area contributed by atoms with Gasteiger partial charge in [0.2, 0.25) is 0 Å². The number of hydrogen-bond acceptors (Lipinski definition) is 2. The standard InChI is InChI=1S/C19H31NO/c1-15-9-8-10-16(2)18(15)19(21-14-13-20(3)4)17-11-6-5-7-12-17/h8-10,17,19H,5-7,11-14H2,1-4H3/t19-/m0/s1. The largest absolute Gasteiger partial charge is 0.372 e. The lowest BCUT2D eigenvalue weighted by Crippen LogP contribution is -2.25. The summed E-state index contributed by atoms with van der Waals surface area (Å²) in [4.78, 5) is 2.20. The molecule has 0 aromatic heterocycles. The smallest absolute Gasteiger partial charge is 0.0858 e. The summed E-state index contributed by atoms with van der Waals surface area (Å²) in [6.45, 7) is 6.27. The quantitative estimate of drug-likeness (QED) is 0.764. The minimum absolute atomic E-state index is 0.284. The Morgan fingerprint density at radius 3 is 2.29 bits per heavy atom. The summed E-state index contributed by atoms with van der Waals surface area (Å²) in [5.41, 5.74) is 4.22. The van der Waals surface area contributed by atoms with Gasteiger partial charge in [-0.25, -0.2) is 0 Å². The van der Waals surface area contributed by atoms with E-state index < -0.39 is 0 Å². The summed E-state index contributed by atoms with van der Waals surface area (Å²) < 4.78 is 6.40. The van der Waals surface area contributed by atoms with Crippen LogP contribution in [0.15, 0.2) is 18.2 Å². The van der Waals surface area contributed by atoms with Crippen LogP contribution in [0.4, 0.5) is 0 Å². The molecule has 1 aromatic rings. The highest BCUT2D eigenvalue weighted by Crippen LogP contribution is 2.39. The Morgan fingerprint density at radius 1 is 1.10 bits per heavy atom. The molecule has 0 N–H and O–H groups in total. The van der Waals surface area contributed by atoms with Crippen molar-refractivity contribution in [2.45, 2.75) is 52.1 Å². The molecule has 1 aromatic carbocycles. The van der Waals surface area contributed by atoms with E-state index in [1.165, 1.54) is 48.8 Å². The minimum atomic E-state index is 0.284. The van der Waals surface area contributed by atoms with E-state index in [0.29, 0.717) is 5.92 Å². The van der Waals surface area contributed by atoms with Gasteiger partial charge in [0.1, 0.15) is 0 Å². The van der Waals surface area contributed by atoms with Crippen LogP contribution >= 0.6 is 0 Å². The maximum atomic E-state index is 6.40. The molecule has 1 atom stereocenters. The Bertz CT molecular complexity index is 415. The molecular weight excluding hydrogens is 258 g/mol. The Labute approximate surface area is 130 Å². The second kappa shape index (κ2) is 7.95. The van der Waals surface area contributed by atoms with Gasteiger partial charge in [-0.2, -0.15) is 0 Å². The van der Waals surface area contributed by atoms with E-state index >= 15 is 0 Å². The number of benzene rings is 1. The third-order valence-corrected chi connectivity index (χ3v) is 4.74. The molecule has 1 aliphatic rings. The van der Waals surface area contributed by atoms with Crippen LogP contribution in [-0.4, -0.2) is 32.1 Å². The number of hydrogen-bond donors (Lipinski definition) is 0. The first-order chi connectivity index (χ1) is 10.1. The molecule has 21 heavy (non-hydrogen) atoms. The lowest BCUT2D eigenvalue weighted by molar-refractivity contribution is -0.00760. The van der Waals surface area contributed by atoms with E-state index in [9.17, 15) is 0 Å². The zero-order valence-electron chi connectivity index (χ0n) is 14.2. The van der Waals surface area contributed by atoms with Crippen molar-refractivity contribution in [3.05, 3.63) is 34.9 Å². The molecule has 118 valence electrons. The highest BCUT2D eigenvalue weighted by molar-refractivity contribution is 5.36. The maximum absolute atomic E-state index is 6.40. The van der Waals surface area contributed by atoms with Gasteiger partial charge in [0.05, 0.1) is 12.7 Å². The van der Waals surface area contributed by atoms with Gasteiger partial charge in [-0.3, -0.25) is 0 Å².